The standard InChI is InChI=1S/C24H20ClFN4O5/c1-34-21-11-8-18(12-20(21)25)29-23(32)24(33)30-27-13-15-2-9-19(10-3-15)35-14-22(31)28-17-6-4-16(26)5-7-17/h2-13H,14H2,1H3,(H,28,31)(H,29,32)(H,30,33). The molecule has 3 amide bonds. The van der Waals surface area contributed by atoms with Crippen LogP contribution in [-0.2, 0) is 14.4 Å². The highest BCUT2D eigenvalue weighted by atomic mass is 35.5. The van der Waals surface area contributed by atoms with Gasteiger partial charge < -0.3 is 20.1 Å². The van der Waals surface area contributed by atoms with E-state index < -0.39 is 23.5 Å². The van der Waals surface area contributed by atoms with E-state index in [0.29, 0.717) is 28.4 Å². The molecule has 0 atom stereocenters. The Labute approximate surface area is 204 Å². The zero-order chi connectivity index (χ0) is 25.2. The van der Waals surface area contributed by atoms with Gasteiger partial charge in [-0.2, -0.15) is 5.10 Å². The van der Waals surface area contributed by atoms with Crippen LogP contribution in [0.3, 0.4) is 0 Å². The first-order chi connectivity index (χ1) is 16.8. The molecule has 0 heterocycles. The number of nitrogens with one attached hydrogen (secondary N) is 3. The van der Waals surface area contributed by atoms with Crippen LogP contribution < -0.4 is 25.5 Å². The lowest BCUT2D eigenvalue weighted by atomic mass is 10.2. The van der Waals surface area contributed by atoms with Crippen LogP contribution in [0.2, 0.25) is 5.02 Å². The quantitative estimate of drug-likeness (QED) is 0.249. The smallest absolute Gasteiger partial charge is 0.329 e. The van der Waals surface area contributed by atoms with Crippen molar-refractivity contribution >= 4 is 46.9 Å². The molecule has 11 heteroatoms. The lowest BCUT2D eigenvalue weighted by Gasteiger charge is -2.08. The minimum Gasteiger partial charge on any atom is -0.495 e. The number of hydrazone groups is 1. The molecule has 0 saturated carbocycles. The fraction of sp³-hybridized carbons (Fsp3) is 0.0833. The number of benzene rings is 3. The second kappa shape index (κ2) is 12.1. The van der Waals surface area contributed by atoms with Crippen LogP contribution >= 0.6 is 11.6 Å². The Morgan fingerprint density at radius 1 is 0.943 bits per heavy atom. The summed E-state index contributed by atoms with van der Waals surface area (Å²) >= 11 is 5.99. The maximum absolute atomic E-state index is 12.9. The van der Waals surface area contributed by atoms with E-state index in [2.05, 4.69) is 21.2 Å². The van der Waals surface area contributed by atoms with Crippen LogP contribution in [0, 0.1) is 5.82 Å². The number of rotatable bonds is 8. The molecule has 0 aliphatic rings. The van der Waals surface area contributed by atoms with Crippen LogP contribution in [0.25, 0.3) is 0 Å². The van der Waals surface area contributed by atoms with E-state index >= 15 is 0 Å². The summed E-state index contributed by atoms with van der Waals surface area (Å²) in [4.78, 5) is 35.8. The van der Waals surface area contributed by atoms with Crippen molar-refractivity contribution in [2.24, 2.45) is 5.10 Å². The predicted octanol–water partition coefficient (Wildman–Crippen LogP) is 3.59. The number of carbonyl (C=O) groups excluding carboxylic acids is 3. The van der Waals surface area contributed by atoms with Crippen molar-refractivity contribution in [1.82, 2.24) is 5.43 Å². The van der Waals surface area contributed by atoms with Crippen LogP contribution in [-0.4, -0.2) is 37.7 Å². The third kappa shape index (κ3) is 7.83. The fourth-order valence-electron chi connectivity index (χ4n) is 2.68. The number of hydrogen-bond donors (Lipinski definition) is 3. The van der Waals surface area contributed by atoms with Crippen molar-refractivity contribution < 1.29 is 28.2 Å². The molecule has 0 unspecified atom stereocenters. The topological polar surface area (TPSA) is 118 Å². The third-order valence-corrected chi connectivity index (χ3v) is 4.67. The molecule has 0 saturated heterocycles. The summed E-state index contributed by atoms with van der Waals surface area (Å²) in [5.41, 5.74) is 3.50. The van der Waals surface area contributed by atoms with Gasteiger partial charge in [-0.25, -0.2) is 9.82 Å². The number of carbonyl (C=O) groups is 3. The summed E-state index contributed by atoms with van der Waals surface area (Å²) in [6.07, 6.45) is 1.33. The highest BCUT2D eigenvalue weighted by Crippen LogP contribution is 2.27. The number of hydrogen-bond acceptors (Lipinski definition) is 6. The lowest BCUT2D eigenvalue weighted by Crippen LogP contribution is -2.32. The van der Waals surface area contributed by atoms with Crippen molar-refractivity contribution in [2.45, 2.75) is 0 Å². The zero-order valence-electron chi connectivity index (χ0n) is 18.4. The predicted molar refractivity (Wildman–Crippen MR) is 129 cm³/mol. The van der Waals surface area contributed by atoms with Gasteiger partial charge in [0, 0.05) is 11.4 Å². The second-order valence-electron chi connectivity index (χ2n) is 6.92. The normalized spacial score (nSPS) is 10.5. The van der Waals surface area contributed by atoms with Gasteiger partial charge in [-0.1, -0.05) is 11.6 Å². The Morgan fingerprint density at radius 2 is 1.63 bits per heavy atom. The molecule has 0 aromatic heterocycles. The molecule has 0 aliphatic carbocycles. The Bertz CT molecular complexity index is 1230. The average Bonchev–Trinajstić information content (AvgIpc) is 2.85. The summed E-state index contributed by atoms with van der Waals surface area (Å²) in [5, 5.41) is 9.01. The molecule has 0 fully saturated rings. The molecule has 9 nitrogen and oxygen atoms in total. The van der Waals surface area contributed by atoms with Gasteiger partial charge >= 0.3 is 11.8 Å². The maximum atomic E-state index is 12.9. The summed E-state index contributed by atoms with van der Waals surface area (Å²) in [5.74, 6) is -1.84. The van der Waals surface area contributed by atoms with Gasteiger partial charge in [0.25, 0.3) is 5.91 Å². The maximum Gasteiger partial charge on any atom is 0.329 e. The average molecular weight is 499 g/mol. The van der Waals surface area contributed by atoms with Crippen LogP contribution in [0.1, 0.15) is 5.56 Å². The van der Waals surface area contributed by atoms with Gasteiger partial charge in [0.15, 0.2) is 6.61 Å². The molecule has 0 aliphatic heterocycles. The van der Waals surface area contributed by atoms with Gasteiger partial charge in [0.1, 0.15) is 17.3 Å². The van der Waals surface area contributed by atoms with Crippen LogP contribution in [0.15, 0.2) is 71.8 Å². The van der Waals surface area contributed by atoms with Gasteiger partial charge in [-0.05, 0) is 72.3 Å². The minimum absolute atomic E-state index is 0.241. The summed E-state index contributed by atoms with van der Waals surface area (Å²) in [7, 11) is 1.46. The molecular weight excluding hydrogens is 479 g/mol. The first-order valence-electron chi connectivity index (χ1n) is 10.1. The number of halogens is 2. The number of anilines is 2. The first-order valence-corrected chi connectivity index (χ1v) is 10.5. The van der Waals surface area contributed by atoms with Gasteiger partial charge in [0.05, 0.1) is 18.3 Å². The molecule has 3 aromatic rings. The molecule has 3 aromatic carbocycles. The van der Waals surface area contributed by atoms with Crippen LogP contribution in [0.4, 0.5) is 15.8 Å². The van der Waals surface area contributed by atoms with Crippen molar-refractivity contribution in [3.8, 4) is 11.5 Å². The third-order valence-electron chi connectivity index (χ3n) is 4.37. The SMILES string of the molecule is COc1ccc(NC(=O)C(=O)NN=Cc2ccc(OCC(=O)Nc3ccc(F)cc3)cc2)cc1Cl. The number of methoxy groups -OCH3 is 1. The largest absolute Gasteiger partial charge is 0.495 e. The van der Waals surface area contributed by atoms with E-state index in [-0.39, 0.29) is 11.6 Å². The monoisotopic (exact) mass is 498 g/mol. The van der Waals surface area contributed by atoms with E-state index in [1.807, 2.05) is 0 Å². The van der Waals surface area contributed by atoms with Crippen molar-refractivity contribution in [3.05, 3.63) is 83.1 Å². The Hall–Kier alpha value is -4.44. The van der Waals surface area contributed by atoms with E-state index in [0.717, 1.165) is 0 Å². The van der Waals surface area contributed by atoms with E-state index in [1.54, 1.807) is 30.3 Å². The van der Waals surface area contributed by atoms with Gasteiger partial charge in [-0.15, -0.1) is 0 Å². The molecule has 0 spiro atoms. The first kappa shape index (κ1) is 25.2. The zero-order valence-corrected chi connectivity index (χ0v) is 19.1. The van der Waals surface area contributed by atoms with Crippen LogP contribution in [0.5, 0.6) is 11.5 Å². The number of ether oxygens (including phenoxy) is 2. The Kier molecular flexibility index (Phi) is 8.74. The Morgan fingerprint density at radius 3 is 2.29 bits per heavy atom. The second-order valence-corrected chi connectivity index (χ2v) is 7.32. The molecule has 0 bridgehead atoms. The minimum atomic E-state index is -0.972. The van der Waals surface area contributed by atoms with E-state index in [9.17, 15) is 18.8 Å². The number of amides is 3. The van der Waals surface area contributed by atoms with Crippen molar-refractivity contribution in [2.75, 3.05) is 24.4 Å². The Balaban J connectivity index is 1.43. The highest BCUT2D eigenvalue weighted by molar-refractivity contribution is 6.40. The summed E-state index contributed by atoms with van der Waals surface area (Å²) in [6, 6.07) is 16.4. The lowest BCUT2D eigenvalue weighted by molar-refractivity contribution is -0.136. The highest BCUT2D eigenvalue weighted by Gasteiger charge is 2.13. The van der Waals surface area contributed by atoms with E-state index in [4.69, 9.17) is 21.1 Å². The molecule has 180 valence electrons. The molecule has 3 N–H and O–H groups in total. The van der Waals surface area contributed by atoms with Crippen molar-refractivity contribution in [3.63, 3.8) is 0 Å². The molecular formula is C24H20ClFN4O5. The van der Waals surface area contributed by atoms with Gasteiger partial charge in [-0.3, -0.25) is 14.4 Å². The van der Waals surface area contributed by atoms with E-state index in [1.165, 1.54) is 49.7 Å². The summed E-state index contributed by atoms with van der Waals surface area (Å²) < 4.78 is 23.3. The number of nitrogens with zero attached hydrogens (tertiary/aromatic N) is 1. The molecule has 3 rings (SSSR count). The van der Waals surface area contributed by atoms with Crippen molar-refractivity contribution in [1.29, 1.82) is 0 Å². The molecule has 0 radical (unpaired) electrons. The van der Waals surface area contributed by atoms with Gasteiger partial charge in [0.2, 0.25) is 0 Å². The fourth-order valence-corrected chi connectivity index (χ4v) is 2.94. The molecule has 35 heavy (non-hydrogen) atoms. The summed E-state index contributed by atoms with van der Waals surface area (Å²) in [6.45, 7) is -0.241.